The number of carbonyl (C=O) groups excluding carboxylic acids is 1. The quantitative estimate of drug-likeness (QED) is 0.199. The predicted molar refractivity (Wildman–Crippen MR) is 158 cm³/mol. The molecule has 1 aliphatic heterocycles. The van der Waals surface area contributed by atoms with Crippen LogP contribution in [0.5, 0.6) is 0 Å². The van der Waals surface area contributed by atoms with Gasteiger partial charge in [-0.15, -0.1) is 11.3 Å². The van der Waals surface area contributed by atoms with Crippen molar-refractivity contribution < 1.29 is 24.1 Å². The normalized spacial score (nSPS) is 23.9. The Balaban J connectivity index is 1.21. The van der Waals surface area contributed by atoms with Gasteiger partial charge in [0.2, 0.25) is 5.95 Å². The van der Waals surface area contributed by atoms with E-state index in [-0.39, 0.29) is 17.5 Å². The number of thiazole rings is 1. The molecule has 16 heteroatoms. The zero-order chi connectivity index (χ0) is 30.4. The molecule has 1 unspecified atom stereocenters. The highest BCUT2D eigenvalue weighted by atomic mass is 32.1. The Bertz CT molecular complexity index is 1880. The number of nitrogens with one attached hydrogen (secondary N) is 2. The van der Waals surface area contributed by atoms with Crippen LogP contribution < -0.4 is 16.3 Å². The summed E-state index contributed by atoms with van der Waals surface area (Å²) in [5.74, 6) is 0.688. The molecule has 5 heterocycles. The molecule has 228 valence electrons. The molecular weight excluding hydrogens is 593 g/mol. The molecule has 4 aromatic heterocycles. The highest BCUT2D eigenvalue weighted by Gasteiger charge is 2.45. The molecule has 0 amide bonds. The van der Waals surface area contributed by atoms with Crippen LogP contribution in [0.15, 0.2) is 47.7 Å². The minimum Gasteiger partial charge on any atom is -0.394 e. The Morgan fingerprint density at radius 1 is 1.09 bits per heavy atom. The van der Waals surface area contributed by atoms with Crippen molar-refractivity contribution in [2.75, 3.05) is 17.2 Å². The van der Waals surface area contributed by atoms with E-state index in [0.717, 1.165) is 32.6 Å². The van der Waals surface area contributed by atoms with E-state index in [2.05, 4.69) is 35.6 Å². The van der Waals surface area contributed by atoms with E-state index in [0.29, 0.717) is 36.4 Å². The molecule has 0 spiro atoms. The van der Waals surface area contributed by atoms with Gasteiger partial charge in [-0.3, -0.25) is 9.36 Å². The summed E-state index contributed by atoms with van der Waals surface area (Å²) in [6, 6.07) is 8.87. The van der Waals surface area contributed by atoms with Crippen molar-refractivity contribution in [1.82, 2.24) is 34.1 Å². The van der Waals surface area contributed by atoms with E-state index < -0.39 is 42.9 Å². The number of para-hydroxylation sites is 1. The van der Waals surface area contributed by atoms with Gasteiger partial charge < -0.3 is 30.2 Å². The van der Waals surface area contributed by atoms with Crippen molar-refractivity contribution in [3.8, 4) is 0 Å². The number of imidazole rings is 1. The first kappa shape index (κ1) is 28.4. The van der Waals surface area contributed by atoms with Gasteiger partial charge >= 0.3 is 5.69 Å². The van der Waals surface area contributed by atoms with Gasteiger partial charge in [-0.2, -0.15) is 15.0 Å². The number of ether oxygens (including phenoxy) is 1. The Kier molecular flexibility index (Phi) is 7.49. The van der Waals surface area contributed by atoms with Crippen molar-refractivity contribution in [3.05, 3.63) is 58.3 Å². The number of halogens is 1. The van der Waals surface area contributed by atoms with E-state index in [1.54, 1.807) is 22.2 Å². The average molecular weight is 622 g/mol. The molecule has 1 aromatic carbocycles. The van der Waals surface area contributed by atoms with Gasteiger partial charge in [-0.05, 0) is 31.0 Å². The van der Waals surface area contributed by atoms with Crippen LogP contribution in [0.25, 0.3) is 21.4 Å². The van der Waals surface area contributed by atoms with Crippen molar-refractivity contribution >= 4 is 56.1 Å². The first-order chi connectivity index (χ1) is 21.4. The fraction of sp³-hybridized carbons (Fsp3) is 0.393. The van der Waals surface area contributed by atoms with E-state index in [4.69, 9.17) is 4.74 Å². The van der Waals surface area contributed by atoms with Gasteiger partial charge in [0, 0.05) is 12.6 Å². The average Bonchev–Trinajstić information content (AvgIpc) is 3.72. The van der Waals surface area contributed by atoms with Gasteiger partial charge in [0.1, 0.15) is 23.0 Å². The largest absolute Gasteiger partial charge is 0.394 e. The molecule has 0 bridgehead atoms. The number of hydrogen-bond donors (Lipinski definition) is 4. The summed E-state index contributed by atoms with van der Waals surface area (Å²) in [5, 5.41) is 26.3. The summed E-state index contributed by atoms with van der Waals surface area (Å²) in [5.41, 5.74) is 0.963. The minimum absolute atomic E-state index is 0.0789. The molecule has 44 heavy (non-hydrogen) atoms. The Labute approximate surface area is 252 Å². The number of nitrogens with zero attached hydrogens (tertiary/aromatic N) is 7. The summed E-state index contributed by atoms with van der Waals surface area (Å²) >= 11 is 1.56. The maximum atomic E-state index is 14.6. The van der Waals surface area contributed by atoms with Crippen LogP contribution >= 0.6 is 11.3 Å². The molecule has 7 rings (SSSR count). The van der Waals surface area contributed by atoms with E-state index >= 15 is 0 Å². The number of fused-ring (bicyclic) bond motifs is 2. The monoisotopic (exact) mass is 621 g/mol. The van der Waals surface area contributed by atoms with Crippen molar-refractivity contribution in [2.45, 2.75) is 62.9 Å². The molecule has 1 saturated heterocycles. The molecule has 1 saturated carbocycles. The summed E-state index contributed by atoms with van der Waals surface area (Å²) in [6.07, 6.45) is -0.300. The van der Waals surface area contributed by atoms with Crippen LogP contribution in [-0.2, 0) is 16.1 Å². The van der Waals surface area contributed by atoms with Gasteiger partial charge in [0.15, 0.2) is 35.2 Å². The number of ketones is 1. The lowest BCUT2D eigenvalue weighted by Crippen LogP contribution is -2.33. The molecule has 0 radical (unpaired) electrons. The standard InChI is InChI=1S/C28H28FN9O5S/c29-21-23(41)17(12-39)43-26(21)37-10-9-19(34-28(37)42)33-27-35-24(30-11-20-32-14-5-1-4-8-18(14)44-20)22-25(36-27)38(13-31-22)15-6-2-3-7-16(15)40/h1,4-5,8-10,13,15,17,21,23,26,39,41H,2-3,6-7,11-12H2,(H2,30,33,34,35,36,42)/t15-,17-,21-,23-,26?/m1/s1. The van der Waals surface area contributed by atoms with E-state index in [1.807, 2.05) is 24.3 Å². The van der Waals surface area contributed by atoms with Crippen LogP contribution in [-0.4, -0.2) is 75.0 Å². The molecule has 14 nitrogen and oxygen atoms in total. The maximum absolute atomic E-state index is 14.6. The Morgan fingerprint density at radius 2 is 1.95 bits per heavy atom. The third-order valence-corrected chi connectivity index (χ3v) is 8.88. The second-order valence-electron chi connectivity index (χ2n) is 10.7. The number of anilines is 3. The number of benzene rings is 1. The number of aliphatic hydroxyl groups is 2. The highest BCUT2D eigenvalue weighted by Crippen LogP contribution is 2.32. The third kappa shape index (κ3) is 5.19. The van der Waals surface area contributed by atoms with Crippen LogP contribution in [0.1, 0.15) is 43.0 Å². The number of Topliss-reactive ketones (excluding diaryl/α,β-unsaturated/α-hetero) is 1. The molecule has 2 fully saturated rings. The fourth-order valence-electron chi connectivity index (χ4n) is 5.61. The summed E-state index contributed by atoms with van der Waals surface area (Å²) in [6.45, 7) is -0.237. The second kappa shape index (κ2) is 11.6. The van der Waals surface area contributed by atoms with E-state index in [1.165, 1.54) is 12.3 Å². The number of carbonyl (C=O) groups is 1. The van der Waals surface area contributed by atoms with Crippen molar-refractivity contribution in [2.24, 2.45) is 0 Å². The number of rotatable bonds is 8. The molecule has 4 N–H and O–H groups in total. The molecule has 2 aliphatic rings. The summed E-state index contributed by atoms with van der Waals surface area (Å²) in [7, 11) is 0. The van der Waals surface area contributed by atoms with Crippen molar-refractivity contribution in [3.63, 3.8) is 0 Å². The van der Waals surface area contributed by atoms with Crippen LogP contribution in [0.2, 0.25) is 0 Å². The number of alkyl halides is 1. The number of aliphatic hydroxyl groups excluding tert-OH is 2. The highest BCUT2D eigenvalue weighted by molar-refractivity contribution is 7.18. The third-order valence-electron chi connectivity index (χ3n) is 7.84. The van der Waals surface area contributed by atoms with Gasteiger partial charge in [0.05, 0.1) is 35.7 Å². The fourth-order valence-corrected chi connectivity index (χ4v) is 6.51. The molecule has 1 aliphatic carbocycles. The van der Waals surface area contributed by atoms with Crippen LogP contribution in [0.4, 0.5) is 22.0 Å². The van der Waals surface area contributed by atoms with E-state index in [9.17, 15) is 24.2 Å². The van der Waals surface area contributed by atoms with Gasteiger partial charge in [-0.25, -0.2) is 19.2 Å². The van der Waals surface area contributed by atoms with Gasteiger partial charge in [0.25, 0.3) is 0 Å². The summed E-state index contributed by atoms with van der Waals surface area (Å²) < 4.78 is 23.7. The zero-order valence-corrected chi connectivity index (χ0v) is 24.0. The second-order valence-corrected chi connectivity index (χ2v) is 11.8. The molecule has 5 aromatic rings. The molecular formula is C28H28FN9O5S. The minimum atomic E-state index is -1.93. The lowest BCUT2D eigenvalue weighted by Gasteiger charge is -2.22. The predicted octanol–water partition coefficient (Wildman–Crippen LogP) is 2.62. The number of hydrogen-bond acceptors (Lipinski definition) is 13. The topological polar surface area (TPSA) is 182 Å². The maximum Gasteiger partial charge on any atom is 0.351 e. The first-order valence-electron chi connectivity index (χ1n) is 14.2. The smallest absolute Gasteiger partial charge is 0.351 e. The molecule has 5 atom stereocenters. The lowest BCUT2D eigenvalue weighted by molar-refractivity contribution is -0.123. The van der Waals surface area contributed by atoms with Crippen molar-refractivity contribution in [1.29, 1.82) is 0 Å². The van der Waals surface area contributed by atoms with Crippen LogP contribution in [0.3, 0.4) is 0 Å². The zero-order valence-electron chi connectivity index (χ0n) is 23.2. The van der Waals surface area contributed by atoms with Gasteiger partial charge in [-0.1, -0.05) is 18.6 Å². The Hall–Kier alpha value is -4.38. The number of aromatic nitrogens is 7. The first-order valence-corrected chi connectivity index (χ1v) is 15.0. The summed E-state index contributed by atoms with van der Waals surface area (Å²) in [4.78, 5) is 48.1. The van der Waals surface area contributed by atoms with Crippen LogP contribution in [0, 0.1) is 0 Å². The SMILES string of the molecule is O=C1CCCC[C@H]1n1cnc2c(NCc3nc4ccccc4s3)nc(Nc3ccn(C4O[C@H](CO)[C@@H](O)[C@H]4F)c(=O)n3)nc21. The Morgan fingerprint density at radius 3 is 2.73 bits per heavy atom. The lowest BCUT2D eigenvalue weighted by atomic mass is 9.94.